The third-order valence-corrected chi connectivity index (χ3v) is 4.37. The van der Waals surface area contributed by atoms with Crippen LogP contribution in [0.3, 0.4) is 0 Å². The molecule has 0 saturated carbocycles. The van der Waals surface area contributed by atoms with Gasteiger partial charge in [-0.3, -0.25) is 0 Å². The molecule has 6 heteroatoms. The quantitative estimate of drug-likeness (QED) is 0.730. The van der Waals surface area contributed by atoms with Gasteiger partial charge in [0.05, 0.1) is 0 Å². The van der Waals surface area contributed by atoms with Crippen molar-refractivity contribution in [2.45, 2.75) is 63.3 Å². The molecule has 3 nitrogen and oxygen atoms in total. The number of alkyl halides is 3. The lowest BCUT2D eigenvalue weighted by Crippen LogP contribution is -2.48. The van der Waals surface area contributed by atoms with Crippen LogP contribution in [0.15, 0.2) is 0 Å². The molecule has 2 aliphatic rings. The fourth-order valence-corrected chi connectivity index (χ4v) is 3.48. The maximum Gasteiger partial charge on any atom is 0.411 e. The second-order valence-corrected chi connectivity index (χ2v) is 5.91. The van der Waals surface area contributed by atoms with E-state index in [1.807, 2.05) is 0 Å². The van der Waals surface area contributed by atoms with E-state index in [-0.39, 0.29) is 6.61 Å². The van der Waals surface area contributed by atoms with E-state index < -0.39 is 12.8 Å². The van der Waals surface area contributed by atoms with Crippen LogP contribution in [0, 0.1) is 0 Å². The van der Waals surface area contributed by atoms with Crippen LogP contribution in [0.1, 0.15) is 39.0 Å². The van der Waals surface area contributed by atoms with Crippen molar-refractivity contribution in [3.8, 4) is 0 Å². The Labute approximate surface area is 118 Å². The predicted molar refractivity (Wildman–Crippen MR) is 71.7 cm³/mol. The molecule has 2 atom stereocenters. The van der Waals surface area contributed by atoms with Crippen molar-refractivity contribution < 1.29 is 17.9 Å². The van der Waals surface area contributed by atoms with Gasteiger partial charge in [-0.15, -0.1) is 0 Å². The number of ether oxygens (including phenoxy) is 1. The monoisotopic (exact) mass is 294 g/mol. The fourth-order valence-electron chi connectivity index (χ4n) is 3.48. The van der Waals surface area contributed by atoms with Crippen LogP contribution in [0.2, 0.25) is 0 Å². The summed E-state index contributed by atoms with van der Waals surface area (Å²) >= 11 is 0. The van der Waals surface area contributed by atoms with E-state index in [1.54, 1.807) is 0 Å². The van der Waals surface area contributed by atoms with E-state index in [0.717, 1.165) is 13.1 Å². The minimum atomic E-state index is -4.21. The average Bonchev–Trinajstić information content (AvgIpc) is 2.71. The summed E-state index contributed by atoms with van der Waals surface area (Å²) in [5.41, 5.74) is 0. The molecule has 0 radical (unpaired) electrons. The molecule has 2 unspecified atom stereocenters. The number of nitrogens with one attached hydrogen (secondary N) is 1. The first kappa shape index (κ1) is 16.0. The molecular weight excluding hydrogens is 269 g/mol. The first-order chi connectivity index (χ1) is 9.48. The van der Waals surface area contributed by atoms with Gasteiger partial charge in [0.1, 0.15) is 6.61 Å². The van der Waals surface area contributed by atoms with E-state index in [0.29, 0.717) is 24.5 Å². The van der Waals surface area contributed by atoms with Crippen molar-refractivity contribution in [1.29, 1.82) is 0 Å². The fraction of sp³-hybridized carbons (Fsp3) is 1.00. The highest BCUT2D eigenvalue weighted by atomic mass is 19.4. The van der Waals surface area contributed by atoms with E-state index in [2.05, 4.69) is 21.9 Å². The van der Waals surface area contributed by atoms with Crippen LogP contribution in [-0.2, 0) is 4.74 Å². The van der Waals surface area contributed by atoms with Gasteiger partial charge in [0.25, 0.3) is 0 Å². The third kappa shape index (κ3) is 4.90. The first-order valence-corrected chi connectivity index (χ1v) is 7.62. The SMILES string of the molecule is CCN(CCCOCC(F)(F)F)C1CC2CCC(C1)N2. The molecule has 2 bridgehead atoms. The summed E-state index contributed by atoms with van der Waals surface area (Å²) < 4.78 is 40.5. The van der Waals surface area contributed by atoms with Gasteiger partial charge in [-0.2, -0.15) is 13.2 Å². The topological polar surface area (TPSA) is 24.5 Å². The maximum absolute atomic E-state index is 11.9. The summed E-state index contributed by atoms with van der Waals surface area (Å²) in [4.78, 5) is 2.41. The molecule has 2 fully saturated rings. The van der Waals surface area contributed by atoms with Gasteiger partial charge in [0, 0.05) is 31.3 Å². The minimum absolute atomic E-state index is 0.188. The minimum Gasteiger partial charge on any atom is -0.372 e. The summed E-state index contributed by atoms with van der Waals surface area (Å²) in [6.45, 7) is 2.98. The molecular formula is C14H25F3N2O. The molecule has 0 aromatic heterocycles. The number of fused-ring (bicyclic) bond motifs is 2. The van der Waals surface area contributed by atoms with Gasteiger partial charge >= 0.3 is 6.18 Å². The summed E-state index contributed by atoms with van der Waals surface area (Å²) in [6.07, 6.45) is 1.35. The van der Waals surface area contributed by atoms with Crippen molar-refractivity contribution >= 4 is 0 Å². The van der Waals surface area contributed by atoms with E-state index in [9.17, 15) is 13.2 Å². The van der Waals surface area contributed by atoms with Crippen LogP contribution < -0.4 is 5.32 Å². The smallest absolute Gasteiger partial charge is 0.372 e. The van der Waals surface area contributed by atoms with Gasteiger partial charge in [0.2, 0.25) is 0 Å². The first-order valence-electron chi connectivity index (χ1n) is 7.62. The van der Waals surface area contributed by atoms with E-state index in [1.165, 1.54) is 25.7 Å². The molecule has 0 aromatic carbocycles. The third-order valence-electron chi connectivity index (χ3n) is 4.37. The van der Waals surface area contributed by atoms with Crippen LogP contribution >= 0.6 is 0 Å². The van der Waals surface area contributed by atoms with Crippen LogP contribution in [-0.4, -0.2) is 55.5 Å². The molecule has 2 rings (SSSR count). The average molecular weight is 294 g/mol. The van der Waals surface area contributed by atoms with Gasteiger partial charge in [0.15, 0.2) is 0 Å². The molecule has 2 heterocycles. The van der Waals surface area contributed by atoms with Gasteiger partial charge in [-0.1, -0.05) is 6.92 Å². The molecule has 2 aliphatic heterocycles. The molecule has 0 spiro atoms. The zero-order chi connectivity index (χ0) is 14.6. The standard InChI is InChI=1S/C14H25F3N2O/c1-2-19(6-3-7-20-10-14(15,16)17)13-8-11-4-5-12(9-13)18-11/h11-13,18H,2-10H2,1H3. The van der Waals surface area contributed by atoms with Gasteiger partial charge < -0.3 is 15.0 Å². The van der Waals surface area contributed by atoms with Crippen LogP contribution in [0.4, 0.5) is 13.2 Å². The van der Waals surface area contributed by atoms with Gasteiger partial charge in [-0.25, -0.2) is 0 Å². The van der Waals surface area contributed by atoms with Crippen molar-refractivity contribution in [1.82, 2.24) is 10.2 Å². The Morgan fingerprint density at radius 1 is 1.20 bits per heavy atom. The normalized spacial score (nSPS) is 30.1. The summed E-state index contributed by atoms with van der Waals surface area (Å²) in [6, 6.07) is 1.88. The van der Waals surface area contributed by atoms with Crippen molar-refractivity contribution in [3.63, 3.8) is 0 Å². The highest BCUT2D eigenvalue weighted by Gasteiger charge is 2.35. The molecule has 0 amide bonds. The summed E-state index contributed by atoms with van der Waals surface area (Å²) in [7, 11) is 0. The van der Waals surface area contributed by atoms with E-state index >= 15 is 0 Å². The predicted octanol–water partition coefficient (Wildman–Crippen LogP) is 2.56. The second kappa shape index (κ2) is 7.09. The summed E-state index contributed by atoms with van der Waals surface area (Å²) in [5, 5.41) is 3.62. The Kier molecular flexibility index (Phi) is 5.69. The van der Waals surface area contributed by atoms with Gasteiger partial charge in [-0.05, 0) is 38.6 Å². The Balaban J connectivity index is 1.65. The number of piperidine rings is 1. The largest absolute Gasteiger partial charge is 0.411 e. The number of halogens is 3. The number of rotatable bonds is 7. The lowest BCUT2D eigenvalue weighted by atomic mass is 9.98. The van der Waals surface area contributed by atoms with Crippen molar-refractivity contribution in [2.24, 2.45) is 0 Å². The molecule has 1 N–H and O–H groups in total. The zero-order valence-electron chi connectivity index (χ0n) is 12.1. The molecule has 20 heavy (non-hydrogen) atoms. The number of hydrogen-bond donors (Lipinski definition) is 1. The second-order valence-electron chi connectivity index (χ2n) is 5.91. The highest BCUT2D eigenvalue weighted by molar-refractivity contribution is 4.95. The Bertz CT molecular complexity index is 287. The number of hydrogen-bond acceptors (Lipinski definition) is 3. The van der Waals surface area contributed by atoms with Crippen LogP contribution in [0.25, 0.3) is 0 Å². The Hall–Kier alpha value is -0.330. The molecule has 118 valence electrons. The lowest BCUT2D eigenvalue weighted by molar-refractivity contribution is -0.174. The highest BCUT2D eigenvalue weighted by Crippen LogP contribution is 2.29. The van der Waals surface area contributed by atoms with Crippen molar-refractivity contribution in [2.75, 3.05) is 26.3 Å². The number of nitrogens with zero attached hydrogens (tertiary/aromatic N) is 1. The Morgan fingerprint density at radius 2 is 1.85 bits per heavy atom. The molecule has 2 saturated heterocycles. The van der Waals surface area contributed by atoms with Crippen molar-refractivity contribution in [3.05, 3.63) is 0 Å². The van der Waals surface area contributed by atoms with Crippen LogP contribution in [0.5, 0.6) is 0 Å². The molecule has 0 aliphatic carbocycles. The Morgan fingerprint density at radius 3 is 2.40 bits per heavy atom. The molecule has 0 aromatic rings. The van der Waals surface area contributed by atoms with E-state index in [4.69, 9.17) is 0 Å². The lowest BCUT2D eigenvalue weighted by Gasteiger charge is -2.37. The maximum atomic E-state index is 11.9. The summed E-state index contributed by atoms with van der Waals surface area (Å²) in [5.74, 6) is 0. The zero-order valence-corrected chi connectivity index (χ0v) is 12.1.